The molecular weight excluding hydrogens is 262 g/mol. The maximum Gasteiger partial charge on any atom is 0.115 e. The zero-order valence-corrected chi connectivity index (χ0v) is 12.6. The van der Waals surface area contributed by atoms with Crippen LogP contribution < -0.4 is 5.32 Å². The molecule has 0 aromatic heterocycles. The van der Waals surface area contributed by atoms with Crippen LogP contribution in [0.2, 0.25) is 0 Å². The van der Waals surface area contributed by atoms with Crippen molar-refractivity contribution in [2.45, 2.75) is 29.9 Å². The number of benzene rings is 1. The number of hydrogen-bond acceptors (Lipinski definition) is 4. The monoisotopic (exact) mass is 283 g/mol. The summed E-state index contributed by atoms with van der Waals surface area (Å²) in [6.45, 7) is 2.34. The van der Waals surface area contributed by atoms with Crippen molar-refractivity contribution in [2.75, 3.05) is 18.6 Å². The van der Waals surface area contributed by atoms with E-state index in [0.717, 1.165) is 6.42 Å². The Kier molecular flexibility index (Phi) is 5.27. The Morgan fingerprint density at radius 1 is 1.28 bits per heavy atom. The quantitative estimate of drug-likeness (QED) is 0.890. The SMILES string of the molecule is CNC(Cc1ccc(O)cc1)C1SCCSC1C. The lowest BCUT2D eigenvalue weighted by Crippen LogP contribution is -2.44. The molecule has 0 bridgehead atoms. The van der Waals surface area contributed by atoms with Crippen molar-refractivity contribution in [1.82, 2.24) is 5.32 Å². The highest BCUT2D eigenvalue weighted by Crippen LogP contribution is 2.34. The highest BCUT2D eigenvalue weighted by molar-refractivity contribution is 8.07. The lowest BCUT2D eigenvalue weighted by molar-refractivity contribution is 0.474. The number of phenols is 1. The summed E-state index contributed by atoms with van der Waals surface area (Å²) in [5.41, 5.74) is 1.29. The van der Waals surface area contributed by atoms with Crippen LogP contribution in [0.3, 0.4) is 0 Å². The molecule has 2 N–H and O–H groups in total. The highest BCUT2D eigenvalue weighted by Gasteiger charge is 2.29. The van der Waals surface area contributed by atoms with Crippen molar-refractivity contribution in [2.24, 2.45) is 0 Å². The molecule has 3 atom stereocenters. The molecule has 100 valence electrons. The van der Waals surface area contributed by atoms with E-state index in [1.54, 1.807) is 12.1 Å². The molecule has 1 aliphatic rings. The number of thioether (sulfide) groups is 2. The molecule has 1 aliphatic heterocycles. The summed E-state index contributed by atoms with van der Waals surface area (Å²) < 4.78 is 0. The van der Waals surface area contributed by atoms with Crippen LogP contribution in [0.4, 0.5) is 0 Å². The van der Waals surface area contributed by atoms with Gasteiger partial charge in [-0.2, -0.15) is 23.5 Å². The van der Waals surface area contributed by atoms with Crippen LogP contribution in [-0.4, -0.2) is 40.2 Å². The molecule has 3 unspecified atom stereocenters. The Balaban J connectivity index is 2.02. The van der Waals surface area contributed by atoms with E-state index in [9.17, 15) is 5.11 Å². The number of phenolic OH excluding ortho intramolecular Hbond substituents is 1. The van der Waals surface area contributed by atoms with E-state index >= 15 is 0 Å². The third-order valence-corrected chi connectivity index (χ3v) is 6.65. The standard InChI is InChI=1S/C14H21NOS2/c1-10-14(18-8-7-17-10)13(15-2)9-11-3-5-12(16)6-4-11/h3-6,10,13-16H,7-9H2,1-2H3. The Bertz CT molecular complexity index is 369. The summed E-state index contributed by atoms with van der Waals surface area (Å²) in [4.78, 5) is 0. The minimum atomic E-state index is 0.343. The van der Waals surface area contributed by atoms with Crippen LogP contribution >= 0.6 is 23.5 Å². The number of nitrogens with one attached hydrogen (secondary N) is 1. The zero-order chi connectivity index (χ0) is 13.0. The average Bonchev–Trinajstić information content (AvgIpc) is 2.39. The minimum absolute atomic E-state index is 0.343. The summed E-state index contributed by atoms with van der Waals surface area (Å²) in [5.74, 6) is 2.88. The van der Waals surface area contributed by atoms with Gasteiger partial charge in [0, 0.05) is 28.0 Å². The van der Waals surface area contributed by atoms with Crippen LogP contribution in [0.25, 0.3) is 0 Å². The molecule has 0 spiro atoms. The van der Waals surface area contributed by atoms with Gasteiger partial charge in [-0.15, -0.1) is 0 Å². The van der Waals surface area contributed by atoms with Gasteiger partial charge in [-0.05, 0) is 31.2 Å². The van der Waals surface area contributed by atoms with E-state index in [0.29, 0.717) is 22.3 Å². The molecular formula is C14H21NOS2. The van der Waals surface area contributed by atoms with Gasteiger partial charge in [0.05, 0.1) is 0 Å². The molecule has 2 rings (SSSR count). The van der Waals surface area contributed by atoms with Crippen molar-refractivity contribution in [3.63, 3.8) is 0 Å². The normalized spacial score (nSPS) is 25.9. The van der Waals surface area contributed by atoms with Gasteiger partial charge in [0.2, 0.25) is 0 Å². The third kappa shape index (κ3) is 3.59. The molecule has 1 aromatic carbocycles. The van der Waals surface area contributed by atoms with E-state index in [2.05, 4.69) is 42.8 Å². The van der Waals surface area contributed by atoms with Gasteiger partial charge in [-0.1, -0.05) is 19.1 Å². The Morgan fingerprint density at radius 2 is 1.94 bits per heavy atom. The molecule has 1 saturated heterocycles. The van der Waals surface area contributed by atoms with Crippen molar-refractivity contribution in [3.05, 3.63) is 29.8 Å². The van der Waals surface area contributed by atoms with Crippen molar-refractivity contribution < 1.29 is 5.11 Å². The first-order valence-corrected chi connectivity index (χ1v) is 8.49. The third-order valence-electron chi connectivity index (χ3n) is 3.40. The summed E-state index contributed by atoms with van der Waals surface area (Å²) >= 11 is 4.18. The van der Waals surface area contributed by atoms with Gasteiger partial charge < -0.3 is 10.4 Å². The predicted molar refractivity (Wildman–Crippen MR) is 82.8 cm³/mol. The first-order chi connectivity index (χ1) is 8.70. The Hall–Kier alpha value is -0.320. The lowest BCUT2D eigenvalue weighted by Gasteiger charge is -2.34. The molecule has 0 amide bonds. The topological polar surface area (TPSA) is 32.3 Å². The maximum atomic E-state index is 9.32. The van der Waals surface area contributed by atoms with E-state index in [-0.39, 0.29) is 0 Å². The number of rotatable bonds is 4. The average molecular weight is 283 g/mol. The Labute approximate surface area is 118 Å². The van der Waals surface area contributed by atoms with Gasteiger partial charge in [0.25, 0.3) is 0 Å². The smallest absolute Gasteiger partial charge is 0.115 e. The highest BCUT2D eigenvalue weighted by atomic mass is 32.2. The maximum absolute atomic E-state index is 9.32. The Morgan fingerprint density at radius 3 is 2.56 bits per heavy atom. The lowest BCUT2D eigenvalue weighted by atomic mass is 10.0. The fraction of sp³-hybridized carbons (Fsp3) is 0.571. The summed E-state index contributed by atoms with van der Waals surface area (Å²) in [7, 11) is 2.05. The number of aromatic hydroxyl groups is 1. The van der Waals surface area contributed by atoms with Gasteiger partial charge in [-0.3, -0.25) is 0 Å². The molecule has 0 aliphatic carbocycles. The van der Waals surface area contributed by atoms with Gasteiger partial charge in [-0.25, -0.2) is 0 Å². The van der Waals surface area contributed by atoms with E-state index < -0.39 is 0 Å². The minimum Gasteiger partial charge on any atom is -0.508 e. The largest absolute Gasteiger partial charge is 0.508 e. The first-order valence-electron chi connectivity index (χ1n) is 6.39. The molecule has 0 radical (unpaired) electrons. The summed E-state index contributed by atoms with van der Waals surface area (Å²) in [6, 6.07) is 8.08. The zero-order valence-electron chi connectivity index (χ0n) is 10.9. The van der Waals surface area contributed by atoms with E-state index in [1.165, 1.54) is 17.1 Å². The molecule has 1 aromatic rings. The van der Waals surface area contributed by atoms with Crippen LogP contribution in [0.15, 0.2) is 24.3 Å². The fourth-order valence-electron chi connectivity index (χ4n) is 2.36. The molecule has 4 heteroatoms. The number of hydrogen-bond donors (Lipinski definition) is 2. The van der Waals surface area contributed by atoms with Crippen LogP contribution in [0.5, 0.6) is 5.75 Å². The molecule has 0 saturated carbocycles. The second kappa shape index (κ2) is 6.73. The van der Waals surface area contributed by atoms with Gasteiger partial charge in [0.1, 0.15) is 5.75 Å². The summed E-state index contributed by atoms with van der Waals surface area (Å²) in [5, 5.41) is 14.2. The second-order valence-electron chi connectivity index (χ2n) is 4.68. The second-order valence-corrected chi connectivity index (χ2v) is 7.45. The number of likely N-dealkylation sites (N-methyl/N-ethyl adjacent to an activating group) is 1. The van der Waals surface area contributed by atoms with Gasteiger partial charge >= 0.3 is 0 Å². The molecule has 18 heavy (non-hydrogen) atoms. The van der Waals surface area contributed by atoms with Crippen molar-refractivity contribution in [3.8, 4) is 5.75 Å². The molecule has 1 heterocycles. The van der Waals surface area contributed by atoms with Gasteiger partial charge in [0.15, 0.2) is 0 Å². The predicted octanol–water partition coefficient (Wildman–Crippen LogP) is 2.76. The van der Waals surface area contributed by atoms with E-state index in [1.807, 2.05) is 12.1 Å². The molecule has 2 nitrogen and oxygen atoms in total. The fourth-order valence-corrected chi connectivity index (χ4v) is 5.36. The molecule has 1 fully saturated rings. The van der Waals surface area contributed by atoms with Crippen molar-refractivity contribution in [1.29, 1.82) is 0 Å². The summed E-state index contributed by atoms with van der Waals surface area (Å²) in [6.07, 6.45) is 1.03. The van der Waals surface area contributed by atoms with Crippen molar-refractivity contribution >= 4 is 23.5 Å². The van der Waals surface area contributed by atoms with Crippen LogP contribution in [-0.2, 0) is 6.42 Å². The first kappa shape index (κ1) is 14.1. The van der Waals surface area contributed by atoms with Crippen LogP contribution in [0, 0.1) is 0 Å². The van der Waals surface area contributed by atoms with Crippen LogP contribution in [0.1, 0.15) is 12.5 Å². The van der Waals surface area contributed by atoms with E-state index in [4.69, 9.17) is 0 Å².